The first kappa shape index (κ1) is 17.1. The fourth-order valence-electron chi connectivity index (χ4n) is 3.46. The smallest absolute Gasteiger partial charge is 0.257 e. The van der Waals surface area contributed by atoms with Crippen molar-refractivity contribution in [3.8, 4) is 0 Å². The normalized spacial score (nSPS) is 22.4. The molecule has 0 bridgehead atoms. The predicted molar refractivity (Wildman–Crippen MR) is 92.1 cm³/mol. The van der Waals surface area contributed by atoms with Crippen molar-refractivity contribution < 1.29 is 9.53 Å². The summed E-state index contributed by atoms with van der Waals surface area (Å²) in [7, 11) is 1.77. The molecule has 0 radical (unpaired) electrons. The van der Waals surface area contributed by atoms with Gasteiger partial charge in [0, 0.05) is 51.7 Å². The summed E-state index contributed by atoms with van der Waals surface area (Å²) < 4.78 is 5.40. The molecule has 7 nitrogen and oxygen atoms in total. The van der Waals surface area contributed by atoms with Crippen molar-refractivity contribution >= 4 is 11.9 Å². The van der Waals surface area contributed by atoms with Gasteiger partial charge in [0.25, 0.3) is 5.91 Å². The zero-order valence-corrected chi connectivity index (χ0v) is 14.4. The third-order valence-electron chi connectivity index (χ3n) is 4.89. The minimum atomic E-state index is 0.0596. The van der Waals surface area contributed by atoms with Crippen LogP contribution in [0.25, 0.3) is 0 Å². The Hall–Kier alpha value is -1.73. The summed E-state index contributed by atoms with van der Waals surface area (Å²) >= 11 is 0. The van der Waals surface area contributed by atoms with Crippen LogP contribution in [0.5, 0.6) is 0 Å². The quantitative estimate of drug-likeness (QED) is 0.874. The summed E-state index contributed by atoms with van der Waals surface area (Å²) in [5, 5.41) is 2.88. The summed E-state index contributed by atoms with van der Waals surface area (Å²) in [6.45, 7) is 5.51. The number of anilines is 1. The third-order valence-corrected chi connectivity index (χ3v) is 4.89. The number of nitrogens with zero attached hydrogens (tertiary/aromatic N) is 4. The van der Waals surface area contributed by atoms with Crippen LogP contribution in [0.15, 0.2) is 12.4 Å². The lowest BCUT2D eigenvalue weighted by Crippen LogP contribution is -2.46. The number of rotatable bonds is 5. The largest absolute Gasteiger partial charge is 0.379 e. The van der Waals surface area contributed by atoms with E-state index in [1.54, 1.807) is 19.4 Å². The molecule has 2 aliphatic rings. The van der Waals surface area contributed by atoms with E-state index in [1.165, 1.54) is 6.42 Å². The van der Waals surface area contributed by atoms with Gasteiger partial charge < -0.3 is 15.0 Å². The zero-order valence-electron chi connectivity index (χ0n) is 14.4. The Labute approximate surface area is 143 Å². The fourth-order valence-corrected chi connectivity index (χ4v) is 3.46. The first-order chi connectivity index (χ1) is 11.8. The van der Waals surface area contributed by atoms with Gasteiger partial charge in [-0.15, -0.1) is 0 Å². The third kappa shape index (κ3) is 4.21. The number of nitrogens with one attached hydrogen (secondary N) is 1. The lowest BCUT2D eigenvalue weighted by atomic mass is 9.98. The molecular formula is C17H27N5O2. The molecule has 0 aromatic carbocycles. The molecular weight excluding hydrogens is 306 g/mol. The molecule has 0 unspecified atom stereocenters. The molecule has 3 heterocycles. The van der Waals surface area contributed by atoms with Crippen molar-refractivity contribution in [2.45, 2.75) is 31.7 Å². The Morgan fingerprint density at radius 2 is 2.00 bits per heavy atom. The van der Waals surface area contributed by atoms with Gasteiger partial charge in [-0.1, -0.05) is 0 Å². The number of carbonyl (C=O) groups excluding carboxylic acids is 1. The van der Waals surface area contributed by atoms with E-state index in [9.17, 15) is 4.79 Å². The van der Waals surface area contributed by atoms with Gasteiger partial charge in [-0.2, -0.15) is 0 Å². The van der Waals surface area contributed by atoms with Crippen molar-refractivity contribution in [1.29, 1.82) is 0 Å². The number of aromatic nitrogens is 2. The highest BCUT2D eigenvalue weighted by Crippen LogP contribution is 2.22. The molecule has 7 heteroatoms. The number of morpholine rings is 1. The lowest BCUT2D eigenvalue weighted by Gasteiger charge is -2.37. The summed E-state index contributed by atoms with van der Waals surface area (Å²) in [5.41, 5.74) is 0.576. The Balaban J connectivity index is 1.60. The molecule has 132 valence electrons. The van der Waals surface area contributed by atoms with E-state index in [0.717, 1.165) is 58.7 Å². The van der Waals surface area contributed by atoms with Crippen LogP contribution in [-0.2, 0) is 4.74 Å². The average Bonchev–Trinajstić information content (AvgIpc) is 2.67. The van der Waals surface area contributed by atoms with E-state index >= 15 is 0 Å². The molecule has 3 rings (SSSR count). The molecule has 0 aliphatic carbocycles. The molecule has 1 amide bonds. The Kier molecular flexibility index (Phi) is 5.98. The summed E-state index contributed by atoms with van der Waals surface area (Å²) in [5.74, 6) is 0.596. The van der Waals surface area contributed by atoms with Gasteiger partial charge in [-0.25, -0.2) is 9.97 Å². The number of hydrogen-bond donors (Lipinski definition) is 1. The van der Waals surface area contributed by atoms with Gasteiger partial charge in [-0.05, 0) is 25.7 Å². The number of carbonyl (C=O) groups is 1. The molecule has 1 aromatic rings. The number of hydrogen-bond acceptors (Lipinski definition) is 6. The van der Waals surface area contributed by atoms with Crippen LogP contribution < -0.4 is 5.32 Å². The molecule has 0 spiro atoms. The van der Waals surface area contributed by atoms with Crippen LogP contribution in [0.4, 0.5) is 5.95 Å². The van der Waals surface area contributed by atoms with Crippen LogP contribution in [0.1, 0.15) is 36.0 Å². The minimum absolute atomic E-state index is 0.0596. The van der Waals surface area contributed by atoms with E-state index in [2.05, 4.69) is 20.2 Å². The van der Waals surface area contributed by atoms with E-state index < -0.39 is 0 Å². The maximum absolute atomic E-state index is 12.9. The van der Waals surface area contributed by atoms with E-state index in [0.29, 0.717) is 17.6 Å². The molecule has 2 fully saturated rings. The summed E-state index contributed by atoms with van der Waals surface area (Å²) in [4.78, 5) is 25.6. The highest BCUT2D eigenvalue weighted by Gasteiger charge is 2.28. The average molecular weight is 333 g/mol. The topological polar surface area (TPSA) is 70.6 Å². The van der Waals surface area contributed by atoms with Gasteiger partial charge in [0.1, 0.15) is 0 Å². The molecule has 2 saturated heterocycles. The van der Waals surface area contributed by atoms with Crippen molar-refractivity contribution in [2.75, 3.05) is 51.8 Å². The van der Waals surface area contributed by atoms with Gasteiger partial charge in [0.15, 0.2) is 0 Å². The van der Waals surface area contributed by atoms with Crippen molar-refractivity contribution in [3.05, 3.63) is 18.0 Å². The highest BCUT2D eigenvalue weighted by atomic mass is 16.5. The molecule has 2 aliphatic heterocycles. The molecule has 0 saturated carbocycles. The maximum Gasteiger partial charge on any atom is 0.257 e. The van der Waals surface area contributed by atoms with E-state index in [1.807, 2.05) is 4.90 Å². The number of ether oxygens (including phenoxy) is 1. The maximum atomic E-state index is 12.9. The second-order valence-electron chi connectivity index (χ2n) is 6.44. The molecule has 1 atom stereocenters. The van der Waals surface area contributed by atoms with Gasteiger partial charge in [0.05, 0.1) is 18.8 Å². The SMILES string of the molecule is CNc1ncc(C(=O)N2CCCC[C@@H]2CCN2CCOCC2)cn1. The Bertz CT molecular complexity index is 530. The van der Waals surface area contributed by atoms with Crippen LogP contribution >= 0.6 is 0 Å². The molecule has 1 aromatic heterocycles. The van der Waals surface area contributed by atoms with Crippen LogP contribution in [0, 0.1) is 0 Å². The second-order valence-corrected chi connectivity index (χ2v) is 6.44. The van der Waals surface area contributed by atoms with Crippen LogP contribution in [0.3, 0.4) is 0 Å². The molecule has 1 N–H and O–H groups in total. The number of piperidine rings is 1. The Morgan fingerprint density at radius 3 is 2.71 bits per heavy atom. The zero-order chi connectivity index (χ0) is 16.8. The van der Waals surface area contributed by atoms with Gasteiger partial charge in [0.2, 0.25) is 5.95 Å². The lowest BCUT2D eigenvalue weighted by molar-refractivity contribution is 0.0295. The van der Waals surface area contributed by atoms with Crippen LogP contribution in [0.2, 0.25) is 0 Å². The van der Waals surface area contributed by atoms with E-state index in [4.69, 9.17) is 4.74 Å². The van der Waals surface area contributed by atoms with Crippen molar-refractivity contribution in [1.82, 2.24) is 19.8 Å². The van der Waals surface area contributed by atoms with Crippen LogP contribution in [-0.4, -0.2) is 78.2 Å². The first-order valence-electron chi connectivity index (χ1n) is 8.89. The Morgan fingerprint density at radius 1 is 1.25 bits per heavy atom. The predicted octanol–water partition coefficient (Wildman–Crippen LogP) is 1.24. The second kappa shape index (κ2) is 8.39. The fraction of sp³-hybridized carbons (Fsp3) is 0.706. The number of amides is 1. The highest BCUT2D eigenvalue weighted by molar-refractivity contribution is 5.94. The standard InChI is InChI=1S/C17H27N5O2/c1-18-17-19-12-14(13-20-17)16(23)22-6-3-2-4-15(22)5-7-21-8-10-24-11-9-21/h12-13,15H,2-11H2,1H3,(H,18,19,20)/t15-/m1/s1. The first-order valence-corrected chi connectivity index (χ1v) is 8.89. The summed E-state index contributed by atoms with van der Waals surface area (Å²) in [6, 6.07) is 0.318. The van der Waals surface area contributed by atoms with Crippen molar-refractivity contribution in [2.24, 2.45) is 0 Å². The monoisotopic (exact) mass is 333 g/mol. The van der Waals surface area contributed by atoms with Gasteiger partial charge >= 0.3 is 0 Å². The van der Waals surface area contributed by atoms with E-state index in [-0.39, 0.29) is 5.91 Å². The minimum Gasteiger partial charge on any atom is -0.379 e. The summed E-state index contributed by atoms with van der Waals surface area (Å²) in [6.07, 6.45) is 7.64. The van der Waals surface area contributed by atoms with Crippen molar-refractivity contribution in [3.63, 3.8) is 0 Å². The molecule has 24 heavy (non-hydrogen) atoms. The van der Waals surface area contributed by atoms with Gasteiger partial charge in [-0.3, -0.25) is 9.69 Å². The number of likely N-dealkylation sites (tertiary alicyclic amines) is 1.